The molecular weight excluding hydrogens is 426 g/mol. The number of benzene rings is 2. The van der Waals surface area contributed by atoms with Gasteiger partial charge in [0, 0.05) is 41.1 Å². The minimum Gasteiger partial charge on any atom is -0.493 e. The molecule has 2 aromatic heterocycles. The van der Waals surface area contributed by atoms with Crippen LogP contribution in [0, 0.1) is 0 Å². The van der Waals surface area contributed by atoms with E-state index in [0.717, 1.165) is 52.4 Å². The second-order valence-electron chi connectivity index (χ2n) is 8.79. The van der Waals surface area contributed by atoms with Crippen molar-refractivity contribution in [1.82, 2.24) is 14.9 Å². The topological polar surface area (TPSA) is 71.5 Å². The average molecular weight is 456 g/mol. The Hall–Kier alpha value is -3.84. The van der Waals surface area contributed by atoms with Crippen molar-refractivity contribution in [3.63, 3.8) is 0 Å². The molecule has 1 saturated carbocycles. The second kappa shape index (κ2) is 9.57. The number of hydrogen-bond acceptors (Lipinski definition) is 7. The van der Waals surface area contributed by atoms with Gasteiger partial charge in [-0.2, -0.15) is 0 Å². The number of nitrogens with one attached hydrogen (secondary N) is 2. The fourth-order valence-electron chi connectivity index (χ4n) is 4.11. The number of hydrogen-bond donors (Lipinski definition) is 2. The third kappa shape index (κ3) is 4.89. The number of methoxy groups -OCH3 is 1. The zero-order valence-corrected chi connectivity index (χ0v) is 19.7. The Labute approximate surface area is 199 Å². The maximum absolute atomic E-state index is 6.16. The Balaban J connectivity index is 1.26. The van der Waals surface area contributed by atoms with E-state index in [1.54, 1.807) is 13.3 Å². The van der Waals surface area contributed by atoms with Crippen LogP contribution in [0.3, 0.4) is 0 Å². The van der Waals surface area contributed by atoms with E-state index in [9.17, 15) is 0 Å². The van der Waals surface area contributed by atoms with Gasteiger partial charge in [0.15, 0.2) is 11.5 Å². The summed E-state index contributed by atoms with van der Waals surface area (Å²) in [5, 5.41) is 7.86. The average Bonchev–Trinajstić information content (AvgIpc) is 2.81. The zero-order chi connectivity index (χ0) is 23.5. The first-order valence-corrected chi connectivity index (χ1v) is 11.4. The Morgan fingerprint density at radius 2 is 1.68 bits per heavy atom. The van der Waals surface area contributed by atoms with E-state index in [2.05, 4.69) is 51.7 Å². The number of ether oxygens (including phenoxy) is 2. The molecular formula is C27H29N5O2. The predicted molar refractivity (Wildman–Crippen MR) is 137 cm³/mol. The van der Waals surface area contributed by atoms with Crippen LogP contribution >= 0.6 is 0 Å². The molecule has 0 aliphatic heterocycles. The maximum Gasteiger partial charge on any atom is 0.162 e. The molecule has 1 aliphatic rings. The molecule has 5 rings (SSSR count). The van der Waals surface area contributed by atoms with Crippen LogP contribution in [-0.2, 0) is 0 Å². The molecule has 174 valence electrons. The van der Waals surface area contributed by atoms with Crippen molar-refractivity contribution in [3.8, 4) is 11.5 Å². The number of fused-ring (bicyclic) bond motifs is 1. The summed E-state index contributed by atoms with van der Waals surface area (Å²) in [6, 6.07) is 20.5. The number of rotatable bonds is 8. The van der Waals surface area contributed by atoms with Crippen molar-refractivity contribution in [2.24, 2.45) is 0 Å². The molecule has 2 N–H and O–H groups in total. The maximum atomic E-state index is 6.16. The Morgan fingerprint density at radius 3 is 2.50 bits per heavy atom. The van der Waals surface area contributed by atoms with Gasteiger partial charge in [-0.1, -0.05) is 18.2 Å². The smallest absolute Gasteiger partial charge is 0.162 e. The van der Waals surface area contributed by atoms with Crippen molar-refractivity contribution in [2.45, 2.75) is 25.0 Å². The molecule has 2 aromatic carbocycles. The largest absolute Gasteiger partial charge is 0.493 e. The monoisotopic (exact) mass is 455 g/mol. The van der Waals surface area contributed by atoms with Gasteiger partial charge >= 0.3 is 0 Å². The zero-order valence-electron chi connectivity index (χ0n) is 19.7. The molecule has 7 heteroatoms. The van der Waals surface area contributed by atoms with Crippen LogP contribution < -0.4 is 20.1 Å². The van der Waals surface area contributed by atoms with E-state index >= 15 is 0 Å². The van der Waals surface area contributed by atoms with Gasteiger partial charge in [0.05, 0.1) is 24.5 Å². The highest BCUT2D eigenvalue weighted by molar-refractivity contribution is 5.82. The number of aromatic nitrogens is 2. The van der Waals surface area contributed by atoms with Crippen LogP contribution in [0.4, 0.5) is 22.9 Å². The van der Waals surface area contributed by atoms with Crippen LogP contribution in [0.25, 0.3) is 10.9 Å². The van der Waals surface area contributed by atoms with Gasteiger partial charge in [0.1, 0.15) is 11.9 Å². The Bertz CT molecular complexity index is 1290. The summed E-state index contributed by atoms with van der Waals surface area (Å²) < 4.78 is 11.8. The number of anilines is 4. The van der Waals surface area contributed by atoms with Crippen molar-refractivity contribution in [2.75, 3.05) is 31.8 Å². The van der Waals surface area contributed by atoms with Gasteiger partial charge in [-0.05, 0) is 57.3 Å². The Kier molecular flexibility index (Phi) is 6.18. The lowest BCUT2D eigenvalue weighted by Crippen LogP contribution is -2.46. The predicted octanol–water partition coefficient (Wildman–Crippen LogP) is 5.60. The highest BCUT2D eigenvalue weighted by atomic mass is 16.5. The summed E-state index contributed by atoms with van der Waals surface area (Å²) in [6.45, 7) is 0. The van der Waals surface area contributed by atoms with Gasteiger partial charge in [-0.3, -0.25) is 4.98 Å². The summed E-state index contributed by atoms with van der Waals surface area (Å²) in [5.74, 6) is 2.19. The Morgan fingerprint density at radius 1 is 0.853 bits per heavy atom. The van der Waals surface area contributed by atoms with E-state index in [1.807, 2.05) is 54.7 Å². The molecule has 7 nitrogen and oxygen atoms in total. The number of para-hydroxylation sites is 1. The van der Waals surface area contributed by atoms with Crippen molar-refractivity contribution < 1.29 is 9.47 Å². The van der Waals surface area contributed by atoms with E-state index in [0.29, 0.717) is 11.8 Å². The van der Waals surface area contributed by atoms with Gasteiger partial charge < -0.3 is 25.0 Å². The lowest BCUT2D eigenvalue weighted by molar-refractivity contribution is 0.0383. The SMILES string of the molecule is COc1cc(Nc2cc(Nc3cnc4ccccc4c3)ccn2)ccc1OC1CC(N(C)C)C1. The molecule has 0 radical (unpaired) electrons. The molecule has 0 amide bonds. The van der Waals surface area contributed by atoms with Crippen LogP contribution in [-0.4, -0.2) is 48.2 Å². The van der Waals surface area contributed by atoms with Crippen molar-refractivity contribution >= 4 is 33.8 Å². The molecule has 1 fully saturated rings. The van der Waals surface area contributed by atoms with Crippen LogP contribution in [0.15, 0.2) is 73.1 Å². The fraction of sp³-hybridized carbons (Fsp3) is 0.259. The molecule has 1 aliphatic carbocycles. The van der Waals surface area contributed by atoms with Crippen molar-refractivity contribution in [1.29, 1.82) is 0 Å². The highest BCUT2D eigenvalue weighted by Crippen LogP contribution is 2.36. The molecule has 0 unspecified atom stereocenters. The number of nitrogens with zero attached hydrogens (tertiary/aromatic N) is 3. The third-order valence-electron chi connectivity index (χ3n) is 6.17. The van der Waals surface area contributed by atoms with E-state index in [-0.39, 0.29) is 6.10 Å². The molecule has 0 bridgehead atoms. The molecule has 0 atom stereocenters. The van der Waals surface area contributed by atoms with E-state index in [4.69, 9.17) is 9.47 Å². The quantitative estimate of drug-likeness (QED) is 0.358. The van der Waals surface area contributed by atoms with Gasteiger partial charge in [-0.25, -0.2) is 4.98 Å². The lowest BCUT2D eigenvalue weighted by Gasteiger charge is -2.39. The molecule has 2 heterocycles. The summed E-state index contributed by atoms with van der Waals surface area (Å²) in [4.78, 5) is 11.2. The summed E-state index contributed by atoms with van der Waals surface area (Å²) in [7, 11) is 5.88. The first-order chi connectivity index (χ1) is 16.6. The van der Waals surface area contributed by atoms with Gasteiger partial charge in [0.2, 0.25) is 0 Å². The van der Waals surface area contributed by atoms with Crippen LogP contribution in [0.1, 0.15) is 12.8 Å². The van der Waals surface area contributed by atoms with E-state index < -0.39 is 0 Å². The summed E-state index contributed by atoms with van der Waals surface area (Å²) in [6.07, 6.45) is 5.90. The standard InChI is InChI=1S/C27H29N5O2/c1-32(2)22-15-23(16-22)34-25-9-8-19(13-26(25)33-3)31-27-14-20(10-11-28-27)30-21-12-18-6-4-5-7-24(18)29-17-21/h4-14,17,22-23H,15-16H2,1-3H3,(H2,28,30,31). The second-order valence-corrected chi connectivity index (χ2v) is 8.79. The number of pyridine rings is 2. The molecule has 4 aromatic rings. The first-order valence-electron chi connectivity index (χ1n) is 11.4. The van der Waals surface area contributed by atoms with E-state index in [1.165, 1.54) is 0 Å². The van der Waals surface area contributed by atoms with Gasteiger partial charge in [0.25, 0.3) is 0 Å². The minimum atomic E-state index is 0.231. The van der Waals surface area contributed by atoms with Crippen molar-refractivity contribution in [3.05, 3.63) is 73.1 Å². The minimum absolute atomic E-state index is 0.231. The van der Waals surface area contributed by atoms with Gasteiger partial charge in [-0.15, -0.1) is 0 Å². The summed E-state index contributed by atoms with van der Waals surface area (Å²) >= 11 is 0. The molecule has 0 spiro atoms. The van der Waals surface area contributed by atoms with Crippen LogP contribution in [0.2, 0.25) is 0 Å². The highest BCUT2D eigenvalue weighted by Gasteiger charge is 2.32. The van der Waals surface area contributed by atoms with Crippen LogP contribution in [0.5, 0.6) is 11.5 Å². The normalized spacial score (nSPS) is 17.3. The molecule has 34 heavy (non-hydrogen) atoms. The fourth-order valence-corrected chi connectivity index (χ4v) is 4.11. The summed E-state index contributed by atoms with van der Waals surface area (Å²) in [5.41, 5.74) is 3.69. The lowest BCUT2D eigenvalue weighted by atomic mass is 9.88. The first kappa shape index (κ1) is 22.0. The third-order valence-corrected chi connectivity index (χ3v) is 6.17. The molecule has 0 saturated heterocycles.